The third-order valence-corrected chi connectivity index (χ3v) is 3.18. The third-order valence-electron chi connectivity index (χ3n) is 3.18. The van der Waals surface area contributed by atoms with Gasteiger partial charge in [-0.3, -0.25) is 0 Å². The highest BCUT2D eigenvalue weighted by Crippen LogP contribution is 2.30. The fraction of sp³-hybridized carbons (Fsp3) is 0.200. The summed E-state index contributed by atoms with van der Waals surface area (Å²) in [6.07, 6.45) is 2.86. The highest BCUT2D eigenvalue weighted by Gasteiger charge is 2.18. The fourth-order valence-corrected chi connectivity index (χ4v) is 2.24. The van der Waals surface area contributed by atoms with Gasteiger partial charge in [0.2, 0.25) is 5.88 Å². The topological polar surface area (TPSA) is 45.9 Å². The fourth-order valence-electron chi connectivity index (χ4n) is 2.24. The Balaban J connectivity index is 2.02. The zero-order valence-corrected chi connectivity index (χ0v) is 10.2. The van der Waals surface area contributed by atoms with E-state index in [0.29, 0.717) is 5.56 Å². The van der Waals surface area contributed by atoms with E-state index in [1.165, 1.54) is 12.1 Å². The molecule has 1 aromatic carbocycles. The van der Waals surface area contributed by atoms with Crippen molar-refractivity contribution in [3.8, 4) is 17.7 Å². The first-order valence-corrected chi connectivity index (χ1v) is 6.13. The second-order valence-electron chi connectivity index (χ2n) is 4.44. The van der Waals surface area contributed by atoms with Crippen LogP contribution in [0.5, 0.6) is 11.6 Å². The zero-order valence-electron chi connectivity index (χ0n) is 10.2. The van der Waals surface area contributed by atoms with E-state index in [4.69, 9.17) is 10.00 Å². The Morgan fingerprint density at radius 1 is 1.26 bits per heavy atom. The molecule has 94 valence electrons. The molecule has 0 amide bonds. The molecule has 1 heterocycles. The lowest BCUT2D eigenvalue weighted by molar-refractivity contribution is 0.425. The van der Waals surface area contributed by atoms with Crippen LogP contribution in [-0.4, -0.2) is 4.98 Å². The molecule has 0 spiro atoms. The van der Waals surface area contributed by atoms with Gasteiger partial charge in [0.25, 0.3) is 0 Å². The minimum Gasteiger partial charge on any atom is -0.435 e. The lowest BCUT2D eigenvalue weighted by Gasteiger charge is -2.09. The van der Waals surface area contributed by atoms with Crippen molar-refractivity contribution in [2.75, 3.05) is 0 Å². The Kier molecular flexibility index (Phi) is 2.88. The van der Waals surface area contributed by atoms with Crippen LogP contribution in [0.1, 0.15) is 23.2 Å². The van der Waals surface area contributed by atoms with Crippen molar-refractivity contribution in [2.45, 2.75) is 19.3 Å². The number of fused-ring (bicyclic) bond motifs is 1. The van der Waals surface area contributed by atoms with Crippen LogP contribution in [0.3, 0.4) is 0 Å². The third kappa shape index (κ3) is 2.15. The molecule has 1 aliphatic rings. The molecule has 19 heavy (non-hydrogen) atoms. The van der Waals surface area contributed by atoms with Crippen molar-refractivity contribution in [2.24, 2.45) is 0 Å². The standard InChI is InChI=1S/C15H11FN2O/c16-12-5-1-2-7-14(12)19-15-11(9-17)8-10-4-3-6-13(10)18-15/h1-2,5,7-8H,3-4,6H2. The SMILES string of the molecule is N#Cc1cc2c(nc1Oc1ccccc1F)CCC2. The van der Waals surface area contributed by atoms with Gasteiger partial charge in [0.05, 0.1) is 0 Å². The normalized spacial score (nSPS) is 12.8. The molecule has 0 aliphatic heterocycles. The van der Waals surface area contributed by atoms with E-state index in [0.717, 1.165) is 30.5 Å². The Labute approximate surface area is 110 Å². The molecule has 1 aliphatic carbocycles. The minimum absolute atomic E-state index is 0.0875. The van der Waals surface area contributed by atoms with E-state index in [1.807, 2.05) is 0 Å². The van der Waals surface area contributed by atoms with Gasteiger partial charge in [0.1, 0.15) is 11.6 Å². The molecule has 4 heteroatoms. The van der Waals surface area contributed by atoms with E-state index in [2.05, 4.69) is 11.1 Å². The number of aromatic nitrogens is 1. The lowest BCUT2D eigenvalue weighted by atomic mass is 10.1. The van der Waals surface area contributed by atoms with Crippen LogP contribution in [0.4, 0.5) is 4.39 Å². The predicted molar refractivity (Wildman–Crippen MR) is 67.5 cm³/mol. The first-order valence-electron chi connectivity index (χ1n) is 6.13. The molecule has 2 aromatic rings. The number of ether oxygens (including phenoxy) is 1. The van der Waals surface area contributed by atoms with Gasteiger partial charge in [0, 0.05) is 5.69 Å². The summed E-state index contributed by atoms with van der Waals surface area (Å²) in [5.74, 6) is -0.189. The smallest absolute Gasteiger partial charge is 0.237 e. The molecule has 0 unspecified atom stereocenters. The van der Waals surface area contributed by atoms with Gasteiger partial charge in [-0.25, -0.2) is 9.37 Å². The van der Waals surface area contributed by atoms with Crippen LogP contribution in [-0.2, 0) is 12.8 Å². The summed E-state index contributed by atoms with van der Waals surface area (Å²) in [7, 11) is 0. The van der Waals surface area contributed by atoms with Crippen molar-refractivity contribution < 1.29 is 9.13 Å². The second-order valence-corrected chi connectivity index (χ2v) is 4.44. The predicted octanol–water partition coefficient (Wildman–Crippen LogP) is 3.37. The summed E-state index contributed by atoms with van der Waals surface area (Å²) < 4.78 is 19.0. The first kappa shape index (κ1) is 11.7. The maximum absolute atomic E-state index is 13.5. The molecule has 0 atom stereocenters. The van der Waals surface area contributed by atoms with Gasteiger partial charge in [-0.2, -0.15) is 5.26 Å². The molecule has 0 saturated heterocycles. The lowest BCUT2D eigenvalue weighted by Crippen LogP contribution is -1.98. The summed E-state index contributed by atoms with van der Waals surface area (Å²) in [5.41, 5.74) is 2.40. The van der Waals surface area contributed by atoms with Gasteiger partial charge in [-0.05, 0) is 43.0 Å². The maximum Gasteiger partial charge on any atom is 0.237 e. The van der Waals surface area contributed by atoms with Crippen molar-refractivity contribution in [1.82, 2.24) is 4.98 Å². The van der Waals surface area contributed by atoms with Gasteiger partial charge in [-0.15, -0.1) is 0 Å². The number of aryl methyl sites for hydroxylation is 2. The van der Waals surface area contributed by atoms with E-state index in [-0.39, 0.29) is 11.6 Å². The van der Waals surface area contributed by atoms with Crippen LogP contribution in [0.25, 0.3) is 0 Å². The molecule has 1 aromatic heterocycles. The quantitative estimate of drug-likeness (QED) is 0.825. The zero-order chi connectivity index (χ0) is 13.2. The van der Waals surface area contributed by atoms with Crippen molar-refractivity contribution in [1.29, 1.82) is 5.26 Å². The number of nitriles is 1. The van der Waals surface area contributed by atoms with Crippen molar-refractivity contribution in [3.63, 3.8) is 0 Å². The Morgan fingerprint density at radius 3 is 2.89 bits per heavy atom. The van der Waals surface area contributed by atoms with Crippen LogP contribution < -0.4 is 4.74 Å². The number of halogens is 1. The average molecular weight is 254 g/mol. The number of para-hydroxylation sites is 1. The van der Waals surface area contributed by atoms with Crippen LogP contribution in [0.2, 0.25) is 0 Å². The van der Waals surface area contributed by atoms with Crippen LogP contribution in [0, 0.1) is 17.1 Å². The molecule has 0 saturated carbocycles. The van der Waals surface area contributed by atoms with Crippen LogP contribution in [0.15, 0.2) is 30.3 Å². The highest BCUT2D eigenvalue weighted by atomic mass is 19.1. The highest BCUT2D eigenvalue weighted by molar-refractivity contribution is 5.45. The minimum atomic E-state index is -0.464. The van der Waals surface area contributed by atoms with Crippen molar-refractivity contribution in [3.05, 3.63) is 53.0 Å². The van der Waals surface area contributed by atoms with Crippen LogP contribution >= 0.6 is 0 Å². The van der Waals surface area contributed by atoms with Gasteiger partial charge >= 0.3 is 0 Å². The van der Waals surface area contributed by atoms with Gasteiger partial charge < -0.3 is 4.74 Å². The number of rotatable bonds is 2. The molecule has 3 rings (SSSR count). The number of pyridine rings is 1. The summed E-state index contributed by atoms with van der Waals surface area (Å²) >= 11 is 0. The largest absolute Gasteiger partial charge is 0.435 e. The van der Waals surface area contributed by atoms with E-state index in [9.17, 15) is 4.39 Å². The van der Waals surface area contributed by atoms with Gasteiger partial charge in [0.15, 0.2) is 11.6 Å². The van der Waals surface area contributed by atoms with Crippen molar-refractivity contribution >= 4 is 0 Å². The molecule has 0 N–H and O–H groups in total. The number of hydrogen-bond donors (Lipinski definition) is 0. The summed E-state index contributed by atoms with van der Waals surface area (Å²) in [4.78, 5) is 4.35. The number of hydrogen-bond acceptors (Lipinski definition) is 3. The van der Waals surface area contributed by atoms with E-state index < -0.39 is 5.82 Å². The molecular formula is C15H11FN2O. The molecular weight excluding hydrogens is 243 g/mol. The number of benzene rings is 1. The molecule has 0 bridgehead atoms. The summed E-state index contributed by atoms with van der Waals surface area (Å²) in [6, 6.07) is 9.95. The maximum atomic E-state index is 13.5. The number of nitrogens with zero attached hydrogens (tertiary/aromatic N) is 2. The van der Waals surface area contributed by atoms with E-state index in [1.54, 1.807) is 18.2 Å². The first-order chi connectivity index (χ1) is 9.28. The average Bonchev–Trinajstić information content (AvgIpc) is 2.87. The Bertz CT molecular complexity index is 676. The molecule has 0 radical (unpaired) electrons. The second kappa shape index (κ2) is 4.69. The molecule has 0 fully saturated rings. The van der Waals surface area contributed by atoms with Gasteiger partial charge in [-0.1, -0.05) is 12.1 Å². The summed E-state index contributed by atoms with van der Waals surface area (Å²) in [6.45, 7) is 0. The summed E-state index contributed by atoms with van der Waals surface area (Å²) in [5, 5.41) is 9.13. The monoisotopic (exact) mass is 254 g/mol. The Morgan fingerprint density at radius 2 is 2.11 bits per heavy atom. The van der Waals surface area contributed by atoms with E-state index >= 15 is 0 Å². The molecule has 3 nitrogen and oxygen atoms in total. The Hall–Kier alpha value is -2.41.